The van der Waals surface area contributed by atoms with Gasteiger partial charge in [-0.25, -0.2) is 14.2 Å². The second-order valence-corrected chi connectivity index (χ2v) is 5.14. The molecule has 2 nitrogen and oxygen atoms in total. The fraction of sp³-hybridized carbons (Fsp3) is 0.143. The van der Waals surface area contributed by atoms with Crippen LogP contribution >= 0.6 is 15.9 Å². The fourth-order valence-electron chi connectivity index (χ4n) is 1.87. The molecule has 2 aromatic rings. The molecule has 0 saturated carbocycles. The highest BCUT2D eigenvalue weighted by molar-refractivity contribution is 9.10. The normalized spacial score (nSPS) is 12.5. The minimum absolute atomic E-state index is 0.396. The molecule has 19 heavy (non-hydrogen) atoms. The third-order valence-electron chi connectivity index (χ3n) is 2.97. The van der Waals surface area contributed by atoms with Crippen LogP contribution in [0.1, 0.15) is 22.7 Å². The van der Waals surface area contributed by atoms with E-state index < -0.39 is 17.7 Å². The molecule has 0 aliphatic heterocycles. The zero-order valence-electron chi connectivity index (χ0n) is 10.3. The highest BCUT2D eigenvalue weighted by Crippen LogP contribution is 2.26. The minimum atomic E-state index is -0.885. The first-order valence-electron chi connectivity index (χ1n) is 5.70. The molecule has 0 radical (unpaired) electrons. The molecule has 0 fully saturated rings. The van der Waals surface area contributed by atoms with E-state index in [1.807, 2.05) is 25.1 Å². The Morgan fingerprint density at radius 3 is 2.26 bits per heavy atom. The molecule has 2 rings (SSSR count). The van der Waals surface area contributed by atoms with E-state index in [0.29, 0.717) is 5.56 Å². The summed E-state index contributed by atoms with van der Waals surface area (Å²) in [6, 6.07) is 9.09. The summed E-state index contributed by atoms with van der Waals surface area (Å²) in [6.07, 6.45) is 0. The van der Waals surface area contributed by atoms with Gasteiger partial charge in [-0.2, -0.15) is 0 Å². The van der Waals surface area contributed by atoms with Crippen molar-refractivity contribution in [2.45, 2.75) is 13.0 Å². The standard InChI is InChI=1S/C14H13BrF2N2/c1-8-2-3-9(6-11(8)15)14(19-18)10-4-5-12(16)13(17)7-10/h2-7,14,19H,18H2,1H3. The molecule has 0 saturated heterocycles. The molecule has 1 unspecified atom stereocenters. The van der Waals surface area contributed by atoms with E-state index in [4.69, 9.17) is 5.84 Å². The summed E-state index contributed by atoms with van der Waals surface area (Å²) in [6.45, 7) is 1.97. The van der Waals surface area contributed by atoms with Crippen molar-refractivity contribution >= 4 is 15.9 Å². The maximum absolute atomic E-state index is 13.3. The van der Waals surface area contributed by atoms with Crippen molar-refractivity contribution in [3.8, 4) is 0 Å². The topological polar surface area (TPSA) is 38.0 Å². The molecule has 0 heterocycles. The van der Waals surface area contributed by atoms with Gasteiger partial charge in [0.25, 0.3) is 0 Å². The Morgan fingerprint density at radius 1 is 1.05 bits per heavy atom. The lowest BCUT2D eigenvalue weighted by Gasteiger charge is -2.18. The van der Waals surface area contributed by atoms with Gasteiger partial charge < -0.3 is 0 Å². The first kappa shape index (κ1) is 14.1. The molecule has 100 valence electrons. The Bertz CT molecular complexity index is 550. The van der Waals surface area contributed by atoms with Gasteiger partial charge in [0, 0.05) is 4.47 Å². The molecule has 0 aliphatic rings. The molecule has 1 atom stereocenters. The predicted molar refractivity (Wildman–Crippen MR) is 74.4 cm³/mol. The van der Waals surface area contributed by atoms with Gasteiger partial charge in [-0.05, 0) is 41.8 Å². The van der Waals surface area contributed by atoms with Crippen molar-refractivity contribution in [1.29, 1.82) is 0 Å². The maximum Gasteiger partial charge on any atom is 0.159 e. The number of nitrogens with two attached hydrogens (primary N) is 1. The number of hydrogen-bond acceptors (Lipinski definition) is 2. The number of hydrogen-bond donors (Lipinski definition) is 2. The SMILES string of the molecule is Cc1ccc(C(NN)c2ccc(F)c(F)c2)cc1Br. The van der Waals surface area contributed by atoms with E-state index in [-0.39, 0.29) is 0 Å². The number of aryl methyl sites for hydroxylation is 1. The number of benzene rings is 2. The van der Waals surface area contributed by atoms with Gasteiger partial charge in [0.2, 0.25) is 0 Å². The zero-order chi connectivity index (χ0) is 14.0. The quantitative estimate of drug-likeness (QED) is 0.668. The summed E-state index contributed by atoms with van der Waals surface area (Å²) in [5, 5.41) is 0. The van der Waals surface area contributed by atoms with Crippen LogP contribution in [0.5, 0.6) is 0 Å². The Hall–Kier alpha value is -1.30. The molecule has 0 amide bonds. The van der Waals surface area contributed by atoms with Crippen LogP contribution in [0.3, 0.4) is 0 Å². The van der Waals surface area contributed by atoms with Gasteiger partial charge in [0.15, 0.2) is 11.6 Å². The van der Waals surface area contributed by atoms with Gasteiger partial charge in [-0.1, -0.05) is 34.1 Å². The van der Waals surface area contributed by atoms with Crippen molar-refractivity contribution in [1.82, 2.24) is 5.43 Å². The highest BCUT2D eigenvalue weighted by atomic mass is 79.9. The largest absolute Gasteiger partial charge is 0.271 e. The summed E-state index contributed by atoms with van der Waals surface area (Å²) in [4.78, 5) is 0. The van der Waals surface area contributed by atoms with Gasteiger partial charge in [0.05, 0.1) is 6.04 Å². The molecule has 5 heteroatoms. The molecule has 2 aromatic carbocycles. The van der Waals surface area contributed by atoms with Crippen LogP contribution in [0.2, 0.25) is 0 Å². The van der Waals surface area contributed by atoms with E-state index in [9.17, 15) is 8.78 Å². The molecule has 0 aromatic heterocycles. The Balaban J connectivity index is 2.43. The zero-order valence-corrected chi connectivity index (χ0v) is 11.8. The Kier molecular flexibility index (Phi) is 4.29. The fourth-order valence-corrected chi connectivity index (χ4v) is 2.26. The number of halogens is 3. The Morgan fingerprint density at radius 2 is 1.68 bits per heavy atom. The molecule has 0 bridgehead atoms. The summed E-state index contributed by atoms with van der Waals surface area (Å²) in [5.74, 6) is 3.78. The van der Waals surface area contributed by atoms with E-state index in [1.165, 1.54) is 6.07 Å². The van der Waals surface area contributed by atoms with Crippen molar-refractivity contribution < 1.29 is 8.78 Å². The monoisotopic (exact) mass is 326 g/mol. The minimum Gasteiger partial charge on any atom is -0.271 e. The van der Waals surface area contributed by atoms with E-state index in [2.05, 4.69) is 21.4 Å². The summed E-state index contributed by atoms with van der Waals surface area (Å²) < 4.78 is 27.2. The van der Waals surface area contributed by atoms with Crippen molar-refractivity contribution in [3.63, 3.8) is 0 Å². The maximum atomic E-state index is 13.3. The van der Waals surface area contributed by atoms with E-state index >= 15 is 0 Å². The average Bonchev–Trinajstić information content (AvgIpc) is 2.39. The predicted octanol–water partition coefficient (Wildman–Crippen LogP) is 3.59. The third kappa shape index (κ3) is 3.00. The molecule has 0 aliphatic carbocycles. The number of nitrogens with one attached hydrogen (secondary N) is 1. The van der Waals surface area contributed by atoms with Gasteiger partial charge in [-0.3, -0.25) is 5.84 Å². The van der Waals surface area contributed by atoms with Gasteiger partial charge in [-0.15, -0.1) is 0 Å². The second-order valence-electron chi connectivity index (χ2n) is 4.28. The Labute approximate surface area is 118 Å². The average molecular weight is 327 g/mol. The van der Waals surface area contributed by atoms with E-state index in [1.54, 1.807) is 0 Å². The van der Waals surface area contributed by atoms with Crippen LogP contribution in [0.4, 0.5) is 8.78 Å². The van der Waals surface area contributed by atoms with Crippen LogP contribution in [-0.4, -0.2) is 0 Å². The van der Waals surface area contributed by atoms with Crippen LogP contribution in [0.25, 0.3) is 0 Å². The second kappa shape index (κ2) is 5.77. The molecular formula is C14H13BrF2N2. The van der Waals surface area contributed by atoms with Gasteiger partial charge in [0.1, 0.15) is 0 Å². The summed E-state index contributed by atoms with van der Waals surface area (Å²) in [7, 11) is 0. The molecule has 0 spiro atoms. The van der Waals surface area contributed by atoms with Crippen LogP contribution in [-0.2, 0) is 0 Å². The highest BCUT2D eigenvalue weighted by Gasteiger charge is 2.15. The lowest BCUT2D eigenvalue weighted by molar-refractivity contribution is 0.504. The van der Waals surface area contributed by atoms with Gasteiger partial charge >= 0.3 is 0 Å². The smallest absolute Gasteiger partial charge is 0.159 e. The van der Waals surface area contributed by atoms with E-state index in [0.717, 1.165) is 27.7 Å². The summed E-state index contributed by atoms with van der Waals surface area (Å²) in [5.41, 5.74) is 5.14. The lowest BCUT2D eigenvalue weighted by Crippen LogP contribution is -2.29. The number of hydrazine groups is 1. The van der Waals surface area contributed by atoms with Crippen molar-refractivity contribution in [2.75, 3.05) is 0 Å². The molecular weight excluding hydrogens is 314 g/mol. The number of rotatable bonds is 3. The van der Waals surface area contributed by atoms with Crippen molar-refractivity contribution in [2.24, 2.45) is 5.84 Å². The van der Waals surface area contributed by atoms with Crippen LogP contribution in [0.15, 0.2) is 40.9 Å². The van der Waals surface area contributed by atoms with Crippen molar-refractivity contribution in [3.05, 3.63) is 69.2 Å². The summed E-state index contributed by atoms with van der Waals surface area (Å²) >= 11 is 3.44. The molecule has 3 N–H and O–H groups in total. The van der Waals surface area contributed by atoms with Crippen LogP contribution < -0.4 is 11.3 Å². The van der Waals surface area contributed by atoms with Crippen LogP contribution in [0, 0.1) is 18.6 Å². The lowest BCUT2D eigenvalue weighted by atomic mass is 9.98. The first-order chi connectivity index (χ1) is 9.02. The first-order valence-corrected chi connectivity index (χ1v) is 6.49. The third-order valence-corrected chi connectivity index (χ3v) is 3.83.